The topological polar surface area (TPSA) is 44.3 Å². The van der Waals surface area contributed by atoms with E-state index < -0.39 is 0 Å². The van der Waals surface area contributed by atoms with Gasteiger partial charge < -0.3 is 10.2 Å². The predicted octanol–water partition coefficient (Wildman–Crippen LogP) is 4.17. The van der Waals surface area contributed by atoms with Gasteiger partial charge in [-0.2, -0.15) is 4.98 Å². The first kappa shape index (κ1) is 19.4. The van der Waals surface area contributed by atoms with Crippen LogP contribution >= 0.6 is 0 Å². The van der Waals surface area contributed by atoms with Gasteiger partial charge >= 0.3 is 0 Å². The molecule has 2 aliphatic heterocycles. The van der Waals surface area contributed by atoms with Crippen molar-refractivity contribution in [2.45, 2.75) is 71.8 Å². The number of anilines is 2. The highest BCUT2D eigenvalue weighted by Gasteiger charge is 2.25. The van der Waals surface area contributed by atoms with E-state index in [9.17, 15) is 0 Å². The molecule has 2 fully saturated rings. The molecule has 1 aromatic rings. The maximum absolute atomic E-state index is 4.79. The molecule has 0 aromatic carbocycles. The monoisotopic (exact) mass is 359 g/mol. The Morgan fingerprint density at radius 3 is 2.58 bits per heavy atom. The molecule has 0 spiro atoms. The Morgan fingerprint density at radius 2 is 1.85 bits per heavy atom. The summed E-state index contributed by atoms with van der Waals surface area (Å²) in [6.45, 7) is 12.6. The van der Waals surface area contributed by atoms with Crippen LogP contribution in [0.5, 0.6) is 0 Å². The summed E-state index contributed by atoms with van der Waals surface area (Å²) in [5.41, 5.74) is 0.408. The minimum Gasteiger partial charge on any atom is -0.356 e. The Labute approximate surface area is 159 Å². The molecule has 146 valence electrons. The van der Waals surface area contributed by atoms with Crippen molar-refractivity contribution in [2.75, 3.05) is 42.9 Å². The summed E-state index contributed by atoms with van der Waals surface area (Å²) in [4.78, 5) is 14.3. The summed E-state index contributed by atoms with van der Waals surface area (Å²) < 4.78 is 0. The first-order chi connectivity index (χ1) is 12.5. The van der Waals surface area contributed by atoms with Gasteiger partial charge in [-0.1, -0.05) is 33.6 Å². The van der Waals surface area contributed by atoms with Gasteiger partial charge in [0.2, 0.25) is 5.95 Å². The van der Waals surface area contributed by atoms with Crippen LogP contribution in [-0.2, 0) is 0 Å². The van der Waals surface area contributed by atoms with Crippen LogP contribution in [0, 0.1) is 5.41 Å². The minimum absolute atomic E-state index is 0.408. The van der Waals surface area contributed by atoms with Gasteiger partial charge in [0.05, 0.1) is 0 Å². The number of aromatic nitrogens is 2. The van der Waals surface area contributed by atoms with Gasteiger partial charge in [0.25, 0.3) is 0 Å². The number of rotatable bonds is 6. The third-order valence-electron chi connectivity index (χ3n) is 5.71. The molecule has 1 atom stereocenters. The quantitative estimate of drug-likeness (QED) is 0.826. The highest BCUT2D eigenvalue weighted by molar-refractivity contribution is 5.42. The van der Waals surface area contributed by atoms with E-state index in [2.05, 4.69) is 46.9 Å². The smallest absolute Gasteiger partial charge is 0.224 e. The van der Waals surface area contributed by atoms with Crippen LogP contribution in [0.4, 0.5) is 11.8 Å². The first-order valence-corrected chi connectivity index (χ1v) is 10.6. The molecule has 0 radical (unpaired) electrons. The van der Waals surface area contributed by atoms with Crippen molar-refractivity contribution in [1.82, 2.24) is 14.9 Å². The molecule has 5 nitrogen and oxygen atoms in total. The molecule has 1 N–H and O–H groups in total. The van der Waals surface area contributed by atoms with Crippen molar-refractivity contribution in [2.24, 2.45) is 5.41 Å². The zero-order valence-electron chi connectivity index (χ0n) is 17.0. The molecule has 0 amide bonds. The number of nitrogens with one attached hydrogen (secondary N) is 1. The molecule has 5 heteroatoms. The minimum atomic E-state index is 0.408. The third-order valence-corrected chi connectivity index (χ3v) is 5.71. The van der Waals surface area contributed by atoms with Crippen LogP contribution in [0.2, 0.25) is 0 Å². The molecular weight excluding hydrogens is 322 g/mol. The Morgan fingerprint density at radius 1 is 1.08 bits per heavy atom. The van der Waals surface area contributed by atoms with Crippen LogP contribution in [-0.4, -0.2) is 53.6 Å². The average Bonchev–Trinajstić information content (AvgIpc) is 2.88. The van der Waals surface area contributed by atoms with Gasteiger partial charge in [0.1, 0.15) is 5.82 Å². The summed E-state index contributed by atoms with van der Waals surface area (Å²) >= 11 is 0. The lowest BCUT2D eigenvalue weighted by Gasteiger charge is -2.28. The van der Waals surface area contributed by atoms with E-state index in [1.807, 2.05) is 6.20 Å². The van der Waals surface area contributed by atoms with Gasteiger partial charge in [-0.25, -0.2) is 4.98 Å². The molecule has 3 rings (SSSR count). The maximum Gasteiger partial charge on any atom is 0.224 e. The average molecular weight is 360 g/mol. The summed E-state index contributed by atoms with van der Waals surface area (Å²) in [7, 11) is 0. The Hall–Kier alpha value is -1.36. The largest absolute Gasteiger partial charge is 0.356 e. The number of hydrogen-bond donors (Lipinski definition) is 1. The van der Waals surface area contributed by atoms with Crippen molar-refractivity contribution in [3.63, 3.8) is 0 Å². The van der Waals surface area contributed by atoms with Gasteiger partial charge in [0.15, 0.2) is 0 Å². The fourth-order valence-electron chi connectivity index (χ4n) is 4.02. The van der Waals surface area contributed by atoms with E-state index in [1.165, 1.54) is 58.0 Å². The van der Waals surface area contributed by atoms with E-state index >= 15 is 0 Å². The lowest BCUT2D eigenvalue weighted by atomic mass is 9.92. The summed E-state index contributed by atoms with van der Waals surface area (Å²) in [6.07, 6.45) is 11.0. The van der Waals surface area contributed by atoms with Crippen LogP contribution < -0.4 is 10.2 Å². The van der Waals surface area contributed by atoms with Crippen LogP contribution in [0.3, 0.4) is 0 Å². The second kappa shape index (κ2) is 9.03. The molecular formula is C21H37N5. The maximum atomic E-state index is 4.79. The predicted molar refractivity (Wildman–Crippen MR) is 110 cm³/mol. The van der Waals surface area contributed by atoms with Crippen LogP contribution in [0.25, 0.3) is 0 Å². The Kier molecular flexibility index (Phi) is 6.74. The number of likely N-dealkylation sites (tertiary alicyclic amines) is 1. The van der Waals surface area contributed by atoms with E-state index in [-0.39, 0.29) is 0 Å². The second-order valence-corrected chi connectivity index (χ2v) is 9.16. The van der Waals surface area contributed by atoms with E-state index in [1.54, 1.807) is 0 Å². The second-order valence-electron chi connectivity index (χ2n) is 9.16. The molecule has 2 saturated heterocycles. The summed E-state index contributed by atoms with van der Waals surface area (Å²) in [6, 6.07) is 2.67. The third kappa shape index (κ3) is 5.83. The fraction of sp³-hybridized carbons (Fsp3) is 0.810. The normalized spacial score (nSPS) is 22.4. The van der Waals surface area contributed by atoms with Gasteiger partial charge in [-0.3, -0.25) is 4.90 Å². The highest BCUT2D eigenvalue weighted by Crippen LogP contribution is 2.24. The van der Waals surface area contributed by atoms with Crippen molar-refractivity contribution in [3.8, 4) is 0 Å². The summed E-state index contributed by atoms with van der Waals surface area (Å²) in [5, 5.41) is 3.52. The molecule has 0 bridgehead atoms. The Balaban J connectivity index is 1.53. The van der Waals surface area contributed by atoms with Gasteiger partial charge in [-0.05, 0) is 56.7 Å². The molecule has 3 heterocycles. The molecule has 1 aromatic heterocycles. The van der Waals surface area contributed by atoms with E-state index in [0.717, 1.165) is 31.4 Å². The van der Waals surface area contributed by atoms with Crippen LogP contribution in [0.15, 0.2) is 12.3 Å². The fourth-order valence-corrected chi connectivity index (χ4v) is 4.02. The van der Waals surface area contributed by atoms with E-state index in [4.69, 9.17) is 4.98 Å². The Bertz CT molecular complexity index is 546. The summed E-state index contributed by atoms with van der Waals surface area (Å²) in [5.74, 6) is 1.87. The molecule has 0 aliphatic carbocycles. The van der Waals surface area contributed by atoms with Crippen molar-refractivity contribution >= 4 is 11.8 Å². The zero-order chi connectivity index (χ0) is 18.4. The van der Waals surface area contributed by atoms with Crippen molar-refractivity contribution in [1.29, 1.82) is 0 Å². The molecule has 1 unspecified atom stereocenters. The number of hydrogen-bond acceptors (Lipinski definition) is 5. The van der Waals surface area contributed by atoms with E-state index in [0.29, 0.717) is 11.5 Å². The lowest BCUT2D eigenvalue weighted by Crippen LogP contribution is -2.37. The molecule has 0 saturated carbocycles. The van der Waals surface area contributed by atoms with Gasteiger partial charge in [0, 0.05) is 31.9 Å². The number of nitrogens with zero attached hydrogens (tertiary/aromatic N) is 4. The van der Waals surface area contributed by atoms with Crippen molar-refractivity contribution < 1.29 is 0 Å². The highest BCUT2D eigenvalue weighted by atomic mass is 15.2. The molecule has 26 heavy (non-hydrogen) atoms. The molecule has 2 aliphatic rings. The SMILES string of the molecule is CC(C)(C)CCN1CCCC1CNc1nccc(N2CCCCCC2)n1. The van der Waals surface area contributed by atoms with Crippen LogP contribution in [0.1, 0.15) is 65.7 Å². The zero-order valence-corrected chi connectivity index (χ0v) is 17.0. The lowest BCUT2D eigenvalue weighted by molar-refractivity contribution is 0.219. The standard InChI is InChI=1S/C21H37N5/c1-21(2,3)11-16-25-15-8-9-18(25)17-23-20-22-12-10-19(24-20)26-13-6-4-5-7-14-26/h10,12,18H,4-9,11,13-17H2,1-3H3,(H,22,23,24). The first-order valence-electron chi connectivity index (χ1n) is 10.6. The van der Waals surface area contributed by atoms with Gasteiger partial charge in [-0.15, -0.1) is 0 Å². The van der Waals surface area contributed by atoms with Crippen molar-refractivity contribution in [3.05, 3.63) is 12.3 Å².